The summed E-state index contributed by atoms with van der Waals surface area (Å²) in [7, 11) is -3.69. The Kier molecular flexibility index (Phi) is 7.75. The zero-order chi connectivity index (χ0) is 23.3. The number of rotatable bonds is 7. The second-order valence-electron chi connectivity index (χ2n) is 8.45. The first-order valence-corrected chi connectivity index (χ1v) is 12.8. The fourth-order valence-electron chi connectivity index (χ4n) is 4.48. The molecule has 7 nitrogen and oxygen atoms in total. The molecule has 1 amide bonds. The fraction of sp³-hybridized carbons (Fsp3) is 0.458. The number of ether oxygens (including phenoxy) is 1. The SMILES string of the molecule is O=C(NC[C@@H](c1ccccc1)N1CCOCC1)C1CCN(S(=O)(=O)c2ccc(F)cc2)CC1. The van der Waals surface area contributed by atoms with Gasteiger partial charge in [0, 0.05) is 38.6 Å². The van der Waals surface area contributed by atoms with Gasteiger partial charge in [0.1, 0.15) is 5.82 Å². The lowest BCUT2D eigenvalue weighted by molar-refractivity contribution is -0.126. The van der Waals surface area contributed by atoms with Gasteiger partial charge in [0.05, 0.1) is 24.2 Å². The van der Waals surface area contributed by atoms with Crippen LogP contribution in [0, 0.1) is 11.7 Å². The van der Waals surface area contributed by atoms with Crippen LogP contribution in [0.25, 0.3) is 0 Å². The number of nitrogens with one attached hydrogen (secondary N) is 1. The van der Waals surface area contributed by atoms with Crippen LogP contribution in [0.2, 0.25) is 0 Å². The fourth-order valence-corrected chi connectivity index (χ4v) is 5.95. The number of carbonyl (C=O) groups is 1. The summed E-state index contributed by atoms with van der Waals surface area (Å²) < 4.78 is 45.6. The van der Waals surface area contributed by atoms with Crippen LogP contribution in [-0.4, -0.2) is 69.5 Å². The summed E-state index contributed by atoms with van der Waals surface area (Å²) in [6.45, 7) is 4.02. The molecule has 0 aromatic heterocycles. The molecule has 33 heavy (non-hydrogen) atoms. The van der Waals surface area contributed by atoms with E-state index in [2.05, 4.69) is 22.3 Å². The monoisotopic (exact) mass is 475 g/mol. The number of morpholine rings is 1. The molecule has 1 N–H and O–H groups in total. The maximum absolute atomic E-state index is 13.2. The summed E-state index contributed by atoms with van der Waals surface area (Å²) in [4.78, 5) is 15.3. The van der Waals surface area contributed by atoms with Gasteiger partial charge in [-0.1, -0.05) is 30.3 Å². The van der Waals surface area contributed by atoms with Gasteiger partial charge in [0.25, 0.3) is 0 Å². The number of carbonyl (C=O) groups excluding carboxylic acids is 1. The summed E-state index contributed by atoms with van der Waals surface area (Å²) in [6.07, 6.45) is 0.916. The highest BCUT2D eigenvalue weighted by atomic mass is 32.2. The lowest BCUT2D eigenvalue weighted by Gasteiger charge is -2.35. The third kappa shape index (κ3) is 5.78. The number of nitrogens with zero attached hydrogens (tertiary/aromatic N) is 2. The number of sulfonamides is 1. The Morgan fingerprint density at radius 1 is 1.00 bits per heavy atom. The molecule has 9 heteroatoms. The Morgan fingerprint density at radius 2 is 1.64 bits per heavy atom. The van der Waals surface area contributed by atoms with Gasteiger partial charge in [-0.05, 0) is 42.7 Å². The lowest BCUT2D eigenvalue weighted by Crippen LogP contribution is -2.46. The summed E-state index contributed by atoms with van der Waals surface area (Å²) in [6, 6.07) is 15.0. The smallest absolute Gasteiger partial charge is 0.243 e. The first-order valence-electron chi connectivity index (χ1n) is 11.4. The molecule has 4 rings (SSSR count). The standard InChI is InChI=1S/C24H30FN3O4S/c25-21-6-8-22(9-7-21)33(30,31)28-12-10-20(11-13-28)24(29)26-18-23(19-4-2-1-3-5-19)27-14-16-32-17-15-27/h1-9,20,23H,10-18H2,(H,26,29)/t23-/m0/s1. The van der Waals surface area contributed by atoms with Gasteiger partial charge in [-0.25, -0.2) is 12.8 Å². The first kappa shape index (κ1) is 23.8. The summed E-state index contributed by atoms with van der Waals surface area (Å²) in [5, 5.41) is 3.11. The third-order valence-corrected chi connectivity index (χ3v) is 8.33. The Labute approximate surface area is 194 Å². The molecule has 0 bridgehead atoms. The van der Waals surface area contributed by atoms with Crippen LogP contribution in [0.15, 0.2) is 59.5 Å². The van der Waals surface area contributed by atoms with E-state index in [9.17, 15) is 17.6 Å². The van der Waals surface area contributed by atoms with Gasteiger partial charge in [-0.15, -0.1) is 0 Å². The van der Waals surface area contributed by atoms with E-state index in [1.165, 1.54) is 16.4 Å². The minimum absolute atomic E-state index is 0.0389. The summed E-state index contributed by atoms with van der Waals surface area (Å²) in [5.74, 6) is -0.746. The van der Waals surface area contributed by atoms with Crippen molar-refractivity contribution in [3.8, 4) is 0 Å². The van der Waals surface area contributed by atoms with Gasteiger partial charge >= 0.3 is 0 Å². The van der Waals surface area contributed by atoms with E-state index in [-0.39, 0.29) is 35.9 Å². The molecule has 0 saturated carbocycles. The zero-order valence-corrected chi connectivity index (χ0v) is 19.3. The quantitative estimate of drug-likeness (QED) is 0.666. The zero-order valence-electron chi connectivity index (χ0n) is 18.5. The van der Waals surface area contributed by atoms with Crippen molar-refractivity contribution in [2.45, 2.75) is 23.8 Å². The number of benzene rings is 2. The molecule has 2 fully saturated rings. The van der Waals surface area contributed by atoms with E-state index in [0.717, 1.165) is 30.8 Å². The third-order valence-electron chi connectivity index (χ3n) is 6.42. The Bertz CT molecular complexity index is 1020. The number of halogens is 1. The number of hydrogen-bond donors (Lipinski definition) is 1. The predicted molar refractivity (Wildman–Crippen MR) is 122 cm³/mol. The van der Waals surface area contributed by atoms with E-state index in [0.29, 0.717) is 32.6 Å². The van der Waals surface area contributed by atoms with Crippen molar-refractivity contribution >= 4 is 15.9 Å². The van der Waals surface area contributed by atoms with Gasteiger partial charge in [0.2, 0.25) is 15.9 Å². The largest absolute Gasteiger partial charge is 0.379 e. The Balaban J connectivity index is 1.34. The molecule has 0 unspecified atom stereocenters. The van der Waals surface area contributed by atoms with E-state index in [4.69, 9.17) is 4.74 Å². The van der Waals surface area contributed by atoms with Crippen molar-refractivity contribution in [3.05, 3.63) is 66.0 Å². The lowest BCUT2D eigenvalue weighted by atomic mass is 9.97. The van der Waals surface area contributed by atoms with Crippen LogP contribution < -0.4 is 5.32 Å². The maximum atomic E-state index is 13.2. The molecule has 2 aromatic carbocycles. The molecule has 2 aliphatic rings. The van der Waals surface area contributed by atoms with Crippen LogP contribution in [0.1, 0.15) is 24.4 Å². The van der Waals surface area contributed by atoms with Crippen LogP contribution in [0.5, 0.6) is 0 Å². The highest BCUT2D eigenvalue weighted by molar-refractivity contribution is 7.89. The molecule has 178 valence electrons. The summed E-state index contributed by atoms with van der Waals surface area (Å²) in [5.41, 5.74) is 1.15. The molecule has 0 radical (unpaired) electrons. The van der Waals surface area contributed by atoms with Gasteiger partial charge in [0.15, 0.2) is 0 Å². The molecule has 1 atom stereocenters. The van der Waals surface area contributed by atoms with Crippen LogP contribution in [-0.2, 0) is 19.6 Å². The van der Waals surface area contributed by atoms with Crippen LogP contribution >= 0.6 is 0 Å². The molecule has 2 aliphatic heterocycles. The topological polar surface area (TPSA) is 79.0 Å². The van der Waals surface area contributed by atoms with Gasteiger partial charge in [-0.3, -0.25) is 9.69 Å². The minimum Gasteiger partial charge on any atom is -0.379 e. The van der Waals surface area contributed by atoms with E-state index >= 15 is 0 Å². The Hall–Kier alpha value is -2.33. The highest BCUT2D eigenvalue weighted by Crippen LogP contribution is 2.25. The molecular formula is C24H30FN3O4S. The van der Waals surface area contributed by atoms with E-state index < -0.39 is 15.8 Å². The normalized spacial score (nSPS) is 19.8. The number of hydrogen-bond acceptors (Lipinski definition) is 5. The minimum atomic E-state index is -3.69. The molecular weight excluding hydrogens is 445 g/mol. The second kappa shape index (κ2) is 10.7. The van der Waals surface area contributed by atoms with E-state index in [1.54, 1.807) is 0 Å². The molecule has 2 saturated heterocycles. The summed E-state index contributed by atoms with van der Waals surface area (Å²) >= 11 is 0. The first-order chi connectivity index (χ1) is 15.9. The number of piperidine rings is 1. The maximum Gasteiger partial charge on any atom is 0.243 e. The molecule has 0 spiro atoms. The average molecular weight is 476 g/mol. The molecule has 2 aromatic rings. The van der Waals surface area contributed by atoms with Crippen molar-refractivity contribution in [2.24, 2.45) is 5.92 Å². The highest BCUT2D eigenvalue weighted by Gasteiger charge is 2.32. The van der Waals surface area contributed by atoms with Crippen LogP contribution in [0.4, 0.5) is 4.39 Å². The van der Waals surface area contributed by atoms with Crippen molar-refractivity contribution < 1.29 is 22.3 Å². The number of amides is 1. The molecule has 0 aliphatic carbocycles. The van der Waals surface area contributed by atoms with Gasteiger partial charge in [-0.2, -0.15) is 4.31 Å². The van der Waals surface area contributed by atoms with Crippen molar-refractivity contribution in [3.63, 3.8) is 0 Å². The van der Waals surface area contributed by atoms with Crippen LogP contribution in [0.3, 0.4) is 0 Å². The van der Waals surface area contributed by atoms with Gasteiger partial charge < -0.3 is 10.1 Å². The average Bonchev–Trinajstić information content (AvgIpc) is 2.86. The van der Waals surface area contributed by atoms with Crippen molar-refractivity contribution in [1.29, 1.82) is 0 Å². The Morgan fingerprint density at radius 3 is 2.27 bits per heavy atom. The van der Waals surface area contributed by atoms with Crippen molar-refractivity contribution in [1.82, 2.24) is 14.5 Å². The van der Waals surface area contributed by atoms with Crippen molar-refractivity contribution in [2.75, 3.05) is 45.9 Å². The van der Waals surface area contributed by atoms with E-state index in [1.807, 2.05) is 18.2 Å². The molecule has 2 heterocycles. The predicted octanol–water partition coefficient (Wildman–Crippen LogP) is 2.42. The second-order valence-corrected chi connectivity index (χ2v) is 10.4.